The molecule has 1 N–H and O–H groups in total. The monoisotopic (exact) mass is 283 g/mol. The van der Waals surface area contributed by atoms with Crippen LogP contribution in [-0.2, 0) is 14.8 Å². The molecule has 0 heterocycles. The Bertz CT molecular complexity index is 296. The fourth-order valence-corrected chi connectivity index (χ4v) is 4.27. The Morgan fingerprint density at radius 2 is 2.00 bits per heavy atom. The van der Waals surface area contributed by atoms with Crippen LogP contribution in [0.1, 0.15) is 38.5 Å². The second-order valence-corrected chi connectivity index (χ2v) is 6.92. The number of alkyl halides is 1. The Hall–Kier alpha value is 0.160. The van der Waals surface area contributed by atoms with Crippen LogP contribution in [0, 0.1) is 0 Å². The normalized spacial score (nSPS) is 20.4. The van der Waals surface area contributed by atoms with Gasteiger partial charge in [0.1, 0.15) is 0 Å². The minimum atomic E-state index is -3.22. The van der Waals surface area contributed by atoms with Gasteiger partial charge in [0.2, 0.25) is 10.0 Å². The van der Waals surface area contributed by atoms with Gasteiger partial charge in [-0.3, -0.25) is 0 Å². The Balaban J connectivity index is 2.55. The molecule has 0 aliphatic heterocycles. The van der Waals surface area contributed by atoms with Gasteiger partial charge in [-0.05, 0) is 19.3 Å². The lowest BCUT2D eigenvalue weighted by molar-refractivity contribution is 0.173. The van der Waals surface area contributed by atoms with Crippen LogP contribution in [0.15, 0.2) is 0 Å². The number of rotatable bonds is 7. The molecule has 1 aliphatic rings. The van der Waals surface area contributed by atoms with Crippen molar-refractivity contribution in [3.05, 3.63) is 0 Å². The fraction of sp³-hybridized carbons (Fsp3) is 1.00. The maximum atomic E-state index is 12.1. The minimum Gasteiger partial charge on any atom is -0.383 e. The molecule has 6 heteroatoms. The van der Waals surface area contributed by atoms with Crippen molar-refractivity contribution in [2.24, 2.45) is 0 Å². The molecular weight excluding hydrogens is 262 g/mol. The highest BCUT2D eigenvalue weighted by molar-refractivity contribution is 7.90. The summed E-state index contributed by atoms with van der Waals surface area (Å²) in [5.74, 6) is 0.432. The van der Waals surface area contributed by atoms with Crippen molar-refractivity contribution in [1.82, 2.24) is 4.72 Å². The maximum absolute atomic E-state index is 12.1. The molecule has 17 heavy (non-hydrogen) atoms. The molecule has 102 valence electrons. The summed E-state index contributed by atoms with van der Waals surface area (Å²) in [4.78, 5) is 0. The van der Waals surface area contributed by atoms with E-state index in [2.05, 4.69) is 4.72 Å². The molecule has 1 aliphatic carbocycles. The van der Waals surface area contributed by atoms with Gasteiger partial charge >= 0.3 is 0 Å². The van der Waals surface area contributed by atoms with Crippen molar-refractivity contribution >= 4 is 21.6 Å². The van der Waals surface area contributed by atoms with Crippen molar-refractivity contribution in [3.63, 3.8) is 0 Å². The first-order chi connectivity index (χ1) is 8.10. The summed E-state index contributed by atoms with van der Waals surface area (Å²) in [7, 11) is -1.65. The molecule has 0 radical (unpaired) electrons. The lowest BCUT2D eigenvalue weighted by Gasteiger charge is -2.25. The largest absolute Gasteiger partial charge is 0.383 e. The summed E-state index contributed by atoms with van der Waals surface area (Å²) in [6.45, 7) is 0.374. The molecule has 0 amide bonds. The second kappa shape index (κ2) is 7.56. The van der Waals surface area contributed by atoms with Gasteiger partial charge in [-0.1, -0.05) is 19.3 Å². The summed E-state index contributed by atoms with van der Waals surface area (Å²) in [6.07, 6.45) is 5.31. The van der Waals surface area contributed by atoms with Crippen molar-refractivity contribution in [2.75, 3.05) is 19.6 Å². The van der Waals surface area contributed by atoms with E-state index in [0.717, 1.165) is 32.1 Å². The van der Waals surface area contributed by atoms with E-state index >= 15 is 0 Å². The highest BCUT2D eigenvalue weighted by Crippen LogP contribution is 2.23. The highest BCUT2D eigenvalue weighted by Gasteiger charge is 2.29. The molecule has 1 fully saturated rings. The molecule has 0 aromatic heterocycles. The zero-order valence-corrected chi connectivity index (χ0v) is 11.9. The predicted molar refractivity (Wildman–Crippen MR) is 69.9 cm³/mol. The summed E-state index contributed by atoms with van der Waals surface area (Å²) in [5, 5.41) is -0.231. The standard InChI is InChI=1S/C11H22ClNO3S/c1-16-9-10(7-8-12)13-17(14,15)11-5-3-2-4-6-11/h10-11,13H,2-9H2,1H3. The van der Waals surface area contributed by atoms with Gasteiger partial charge < -0.3 is 4.74 Å². The molecule has 4 nitrogen and oxygen atoms in total. The molecule has 1 saturated carbocycles. The summed E-state index contributed by atoms with van der Waals surface area (Å²) < 4.78 is 32.0. The van der Waals surface area contributed by atoms with Gasteiger partial charge in [-0.25, -0.2) is 13.1 Å². The number of sulfonamides is 1. The number of nitrogens with one attached hydrogen (secondary N) is 1. The SMILES string of the molecule is COCC(CCCl)NS(=O)(=O)C1CCCCC1. The predicted octanol–water partition coefficient (Wildman–Crippen LogP) is 1.88. The molecule has 0 spiro atoms. The van der Waals surface area contributed by atoms with Gasteiger partial charge in [-0.15, -0.1) is 11.6 Å². The summed E-state index contributed by atoms with van der Waals surface area (Å²) in [5.41, 5.74) is 0. The Morgan fingerprint density at radius 1 is 1.35 bits per heavy atom. The highest BCUT2D eigenvalue weighted by atomic mass is 35.5. The van der Waals surface area contributed by atoms with Crippen molar-refractivity contribution in [3.8, 4) is 0 Å². The van der Waals surface area contributed by atoms with Crippen LogP contribution in [-0.4, -0.2) is 39.3 Å². The van der Waals surface area contributed by atoms with E-state index in [1.54, 1.807) is 7.11 Å². The van der Waals surface area contributed by atoms with Gasteiger partial charge in [-0.2, -0.15) is 0 Å². The van der Waals surface area contributed by atoms with E-state index in [1.807, 2.05) is 0 Å². The van der Waals surface area contributed by atoms with E-state index in [0.29, 0.717) is 18.9 Å². The molecule has 0 bridgehead atoms. The molecule has 1 unspecified atom stereocenters. The number of methoxy groups -OCH3 is 1. The van der Waals surface area contributed by atoms with Crippen LogP contribution in [0.4, 0.5) is 0 Å². The third-order valence-corrected chi connectivity index (χ3v) is 5.38. The lowest BCUT2D eigenvalue weighted by Crippen LogP contribution is -2.44. The van der Waals surface area contributed by atoms with Crippen LogP contribution in [0.3, 0.4) is 0 Å². The maximum Gasteiger partial charge on any atom is 0.214 e. The average molecular weight is 284 g/mol. The van der Waals surface area contributed by atoms with E-state index in [-0.39, 0.29) is 11.3 Å². The van der Waals surface area contributed by atoms with E-state index in [9.17, 15) is 8.42 Å². The topological polar surface area (TPSA) is 55.4 Å². The third kappa shape index (κ3) is 5.12. The van der Waals surface area contributed by atoms with Gasteiger partial charge in [0.15, 0.2) is 0 Å². The molecule has 0 aromatic carbocycles. The molecular formula is C11H22ClNO3S. The van der Waals surface area contributed by atoms with Crippen molar-refractivity contribution in [1.29, 1.82) is 0 Å². The second-order valence-electron chi connectivity index (χ2n) is 4.55. The van der Waals surface area contributed by atoms with E-state index in [1.165, 1.54) is 0 Å². The average Bonchev–Trinajstić information content (AvgIpc) is 2.30. The zero-order valence-electron chi connectivity index (χ0n) is 10.3. The van der Waals surface area contributed by atoms with Crippen LogP contribution in [0.2, 0.25) is 0 Å². The van der Waals surface area contributed by atoms with Crippen molar-refractivity contribution < 1.29 is 13.2 Å². The van der Waals surface area contributed by atoms with E-state index < -0.39 is 10.0 Å². The Labute approximate surface area is 109 Å². The fourth-order valence-electron chi connectivity index (χ4n) is 2.21. The van der Waals surface area contributed by atoms with Gasteiger partial charge in [0, 0.05) is 19.0 Å². The first-order valence-corrected chi connectivity index (χ1v) is 8.24. The van der Waals surface area contributed by atoms with Crippen LogP contribution in [0.25, 0.3) is 0 Å². The first kappa shape index (κ1) is 15.2. The molecule has 1 rings (SSSR count). The third-order valence-electron chi connectivity index (χ3n) is 3.15. The van der Waals surface area contributed by atoms with Crippen LogP contribution >= 0.6 is 11.6 Å². The quantitative estimate of drug-likeness (QED) is 0.726. The lowest BCUT2D eigenvalue weighted by atomic mass is 10.0. The summed E-state index contributed by atoms with van der Waals surface area (Å²) in [6, 6.07) is -0.204. The molecule has 0 saturated heterocycles. The number of ether oxygens (including phenoxy) is 1. The molecule has 1 atom stereocenters. The first-order valence-electron chi connectivity index (χ1n) is 6.16. The minimum absolute atomic E-state index is 0.204. The Morgan fingerprint density at radius 3 is 2.53 bits per heavy atom. The van der Waals surface area contributed by atoms with Crippen LogP contribution < -0.4 is 4.72 Å². The summed E-state index contributed by atoms with van der Waals surface area (Å²) >= 11 is 5.66. The van der Waals surface area contributed by atoms with Crippen LogP contribution in [0.5, 0.6) is 0 Å². The van der Waals surface area contributed by atoms with Gasteiger partial charge in [0.05, 0.1) is 11.9 Å². The van der Waals surface area contributed by atoms with Crippen molar-refractivity contribution in [2.45, 2.75) is 49.8 Å². The number of hydrogen-bond donors (Lipinski definition) is 1. The Kier molecular flexibility index (Phi) is 6.77. The number of hydrogen-bond acceptors (Lipinski definition) is 3. The zero-order chi connectivity index (χ0) is 12.7. The van der Waals surface area contributed by atoms with E-state index in [4.69, 9.17) is 16.3 Å². The van der Waals surface area contributed by atoms with Gasteiger partial charge in [0.25, 0.3) is 0 Å². The molecule has 0 aromatic rings. The number of halogens is 1. The smallest absolute Gasteiger partial charge is 0.214 e.